The van der Waals surface area contributed by atoms with E-state index in [0.29, 0.717) is 0 Å². The molecule has 1 heterocycles. The minimum atomic E-state index is -4.70. The first-order chi connectivity index (χ1) is 11.6. The number of primary amides is 1. The lowest BCUT2D eigenvalue weighted by molar-refractivity contribution is -0.189. The number of nitrogens with two attached hydrogens (primary N) is 1. The predicted octanol–water partition coefficient (Wildman–Crippen LogP) is 0.492. The Hall–Kier alpha value is -2.82. The van der Waals surface area contributed by atoms with Crippen LogP contribution in [0.2, 0.25) is 0 Å². The molecule has 0 bridgehead atoms. The van der Waals surface area contributed by atoms with Crippen LogP contribution >= 0.6 is 0 Å². The molecule has 136 valence electrons. The van der Waals surface area contributed by atoms with Crippen molar-refractivity contribution >= 4 is 5.91 Å². The molecule has 8 nitrogen and oxygen atoms in total. The monoisotopic (exact) mass is 360 g/mol. The van der Waals surface area contributed by atoms with Crippen molar-refractivity contribution in [2.24, 2.45) is 12.8 Å². The number of hydrogen-bond acceptors (Lipinski definition) is 5. The van der Waals surface area contributed by atoms with Gasteiger partial charge >= 0.3 is 11.9 Å². The number of aromatic nitrogens is 3. The number of hydrogen-bond donors (Lipinski definition) is 2. The van der Waals surface area contributed by atoms with Crippen LogP contribution in [0.15, 0.2) is 23.0 Å². The Kier molecular flexibility index (Phi) is 4.88. The zero-order chi connectivity index (χ0) is 18.9. The third-order valence-electron chi connectivity index (χ3n) is 3.46. The Morgan fingerprint density at radius 3 is 2.56 bits per heavy atom. The van der Waals surface area contributed by atoms with Crippen molar-refractivity contribution in [2.75, 3.05) is 0 Å². The van der Waals surface area contributed by atoms with Gasteiger partial charge in [0.05, 0.1) is 5.56 Å². The van der Waals surface area contributed by atoms with Crippen LogP contribution in [0.5, 0.6) is 5.75 Å². The van der Waals surface area contributed by atoms with E-state index in [9.17, 15) is 27.9 Å². The van der Waals surface area contributed by atoms with Gasteiger partial charge in [-0.05, 0) is 19.1 Å². The number of benzene rings is 1. The lowest BCUT2D eigenvalue weighted by atomic mass is 10.1. The molecule has 1 atom stereocenters. The fraction of sp³-hybridized carbons (Fsp3) is 0.357. The van der Waals surface area contributed by atoms with Gasteiger partial charge in [0.1, 0.15) is 12.3 Å². The molecule has 0 aliphatic carbocycles. The van der Waals surface area contributed by atoms with Gasteiger partial charge in [-0.25, -0.2) is 4.79 Å². The number of amides is 1. The Bertz CT molecular complexity index is 857. The largest absolute Gasteiger partial charge is 0.478 e. The average molecular weight is 360 g/mol. The summed E-state index contributed by atoms with van der Waals surface area (Å²) in [4.78, 5) is 23.8. The molecule has 1 amide bonds. The van der Waals surface area contributed by atoms with Gasteiger partial charge in [-0.3, -0.25) is 9.36 Å². The van der Waals surface area contributed by atoms with E-state index in [1.165, 1.54) is 25.2 Å². The van der Waals surface area contributed by atoms with Crippen LogP contribution in [0.4, 0.5) is 13.2 Å². The second-order valence-electron chi connectivity index (χ2n) is 5.15. The smallest absolute Gasteiger partial charge is 0.425 e. The summed E-state index contributed by atoms with van der Waals surface area (Å²) >= 11 is 0. The lowest BCUT2D eigenvalue weighted by Crippen LogP contribution is -2.33. The number of carbonyl (C=O) groups is 1. The summed E-state index contributed by atoms with van der Waals surface area (Å²) in [6.07, 6.45) is -6.96. The maximum absolute atomic E-state index is 12.8. The minimum absolute atomic E-state index is 0.0238. The maximum Gasteiger partial charge on any atom is 0.425 e. The van der Waals surface area contributed by atoms with Gasteiger partial charge in [0.15, 0.2) is 17.7 Å². The molecule has 0 fully saturated rings. The van der Waals surface area contributed by atoms with Crippen molar-refractivity contribution in [1.29, 1.82) is 0 Å². The van der Waals surface area contributed by atoms with E-state index >= 15 is 0 Å². The van der Waals surface area contributed by atoms with E-state index in [4.69, 9.17) is 10.5 Å². The predicted molar refractivity (Wildman–Crippen MR) is 79.4 cm³/mol. The summed E-state index contributed by atoms with van der Waals surface area (Å²) in [7, 11) is 1.33. The SMILES string of the molecule is C[C@H](Oc1c(C(N)=O)cccc1-n1nc(CO)n(C)c1=O)C(F)(F)F. The molecule has 0 saturated carbocycles. The number of halogens is 3. The minimum Gasteiger partial charge on any atom is -0.478 e. The highest BCUT2D eigenvalue weighted by Crippen LogP contribution is 2.31. The highest BCUT2D eigenvalue weighted by atomic mass is 19.4. The third kappa shape index (κ3) is 3.50. The molecule has 2 aromatic rings. The summed E-state index contributed by atoms with van der Waals surface area (Å²) in [5.74, 6) is -1.58. The van der Waals surface area contributed by atoms with Gasteiger partial charge in [0.25, 0.3) is 5.91 Å². The number of aliphatic hydroxyl groups excluding tert-OH is 1. The number of carbonyl (C=O) groups excluding carboxylic acids is 1. The van der Waals surface area contributed by atoms with Crippen molar-refractivity contribution < 1.29 is 27.8 Å². The first-order valence-electron chi connectivity index (χ1n) is 7.00. The Labute approximate surface area is 139 Å². The number of aliphatic hydroxyl groups is 1. The van der Waals surface area contributed by atoms with Crippen molar-refractivity contribution in [2.45, 2.75) is 25.8 Å². The second kappa shape index (κ2) is 6.59. The van der Waals surface area contributed by atoms with E-state index in [-0.39, 0.29) is 17.1 Å². The molecule has 0 unspecified atom stereocenters. The van der Waals surface area contributed by atoms with E-state index < -0.39 is 36.2 Å². The molecule has 3 N–H and O–H groups in total. The summed E-state index contributed by atoms with van der Waals surface area (Å²) in [6, 6.07) is 3.74. The number of alkyl halides is 3. The summed E-state index contributed by atoms with van der Waals surface area (Å²) < 4.78 is 45.2. The molecule has 0 radical (unpaired) electrons. The summed E-state index contributed by atoms with van der Waals surface area (Å²) in [6.45, 7) is 0.186. The number of nitrogens with zero attached hydrogens (tertiary/aromatic N) is 3. The topological polar surface area (TPSA) is 112 Å². The Morgan fingerprint density at radius 2 is 2.08 bits per heavy atom. The van der Waals surface area contributed by atoms with Gasteiger partial charge < -0.3 is 15.6 Å². The lowest BCUT2D eigenvalue weighted by Gasteiger charge is -2.21. The Balaban J connectivity index is 2.69. The zero-order valence-corrected chi connectivity index (χ0v) is 13.2. The summed E-state index contributed by atoms with van der Waals surface area (Å²) in [5, 5.41) is 13.0. The fourth-order valence-corrected chi connectivity index (χ4v) is 2.03. The van der Waals surface area contributed by atoms with E-state index in [2.05, 4.69) is 5.10 Å². The molecule has 0 spiro atoms. The van der Waals surface area contributed by atoms with E-state index in [1.807, 2.05) is 0 Å². The van der Waals surface area contributed by atoms with Crippen molar-refractivity contribution in [3.63, 3.8) is 0 Å². The maximum atomic E-state index is 12.8. The Morgan fingerprint density at radius 1 is 1.44 bits per heavy atom. The van der Waals surface area contributed by atoms with Crippen LogP contribution in [0.1, 0.15) is 23.1 Å². The molecule has 0 aliphatic heterocycles. The molecule has 2 rings (SSSR count). The van der Waals surface area contributed by atoms with E-state index in [0.717, 1.165) is 16.2 Å². The first-order valence-corrected chi connectivity index (χ1v) is 7.00. The van der Waals surface area contributed by atoms with Crippen LogP contribution in [-0.4, -0.2) is 37.6 Å². The van der Waals surface area contributed by atoms with Crippen LogP contribution in [0.25, 0.3) is 5.69 Å². The van der Waals surface area contributed by atoms with Crippen LogP contribution in [0, 0.1) is 0 Å². The second-order valence-corrected chi connectivity index (χ2v) is 5.15. The molecule has 0 saturated heterocycles. The molecular weight excluding hydrogens is 345 g/mol. The highest BCUT2D eigenvalue weighted by Gasteiger charge is 2.39. The standard InChI is InChI=1S/C14H15F3N4O4/c1-7(14(15,16)17)25-11-8(12(18)23)4-3-5-9(11)21-13(24)20(2)10(6-22)19-21/h3-5,7,22H,6H2,1-2H3,(H2,18,23)/t7-/m0/s1. The molecule has 1 aromatic carbocycles. The number of para-hydroxylation sites is 1. The van der Waals surface area contributed by atoms with Gasteiger partial charge in [-0.1, -0.05) is 6.07 Å². The first kappa shape index (κ1) is 18.5. The quantitative estimate of drug-likeness (QED) is 0.806. The summed E-state index contributed by atoms with van der Waals surface area (Å²) in [5.41, 5.74) is 3.91. The highest BCUT2D eigenvalue weighted by molar-refractivity contribution is 5.96. The van der Waals surface area contributed by atoms with Crippen molar-refractivity contribution in [3.05, 3.63) is 40.1 Å². The zero-order valence-electron chi connectivity index (χ0n) is 13.2. The fourth-order valence-electron chi connectivity index (χ4n) is 2.03. The molecular formula is C14H15F3N4O4. The van der Waals surface area contributed by atoms with Gasteiger partial charge in [0.2, 0.25) is 0 Å². The number of rotatable bonds is 5. The van der Waals surface area contributed by atoms with Gasteiger partial charge in [-0.15, -0.1) is 5.10 Å². The number of ether oxygens (including phenoxy) is 1. The van der Waals surface area contributed by atoms with Crippen LogP contribution < -0.4 is 16.2 Å². The molecule has 25 heavy (non-hydrogen) atoms. The van der Waals surface area contributed by atoms with E-state index in [1.54, 1.807) is 0 Å². The molecule has 1 aromatic heterocycles. The van der Waals surface area contributed by atoms with Gasteiger partial charge in [0, 0.05) is 7.05 Å². The van der Waals surface area contributed by atoms with Crippen LogP contribution in [-0.2, 0) is 13.7 Å². The normalized spacial score (nSPS) is 12.9. The van der Waals surface area contributed by atoms with Gasteiger partial charge in [-0.2, -0.15) is 17.9 Å². The van der Waals surface area contributed by atoms with Crippen molar-refractivity contribution in [3.8, 4) is 11.4 Å². The molecule has 11 heteroatoms. The molecule has 0 aliphatic rings. The van der Waals surface area contributed by atoms with Crippen molar-refractivity contribution in [1.82, 2.24) is 14.3 Å². The van der Waals surface area contributed by atoms with Crippen LogP contribution in [0.3, 0.4) is 0 Å². The average Bonchev–Trinajstić information content (AvgIpc) is 2.81. The third-order valence-corrected chi connectivity index (χ3v) is 3.46.